The molecule has 0 spiro atoms. The summed E-state index contributed by atoms with van der Waals surface area (Å²) in [5.74, 6) is -0.386. The fourth-order valence-corrected chi connectivity index (χ4v) is 3.80. The van der Waals surface area contributed by atoms with Gasteiger partial charge in [0.15, 0.2) is 24.8 Å². The third-order valence-electron chi connectivity index (χ3n) is 6.20. The number of pyridine rings is 4. The van der Waals surface area contributed by atoms with Crippen molar-refractivity contribution in [2.45, 2.75) is 25.7 Å². The molecule has 0 aliphatic carbocycles. The van der Waals surface area contributed by atoms with Crippen LogP contribution >= 0.6 is 0 Å². The number of rotatable bonds is 14. The Hall–Kier alpha value is -1.00. The predicted octanol–water partition coefficient (Wildman–Crippen LogP) is -17.9. The van der Waals surface area contributed by atoms with Gasteiger partial charge in [-0.2, -0.15) is 0 Å². The average molecular weight is 2030 g/mol. The maximum absolute atomic E-state index is 11.8. The zero-order chi connectivity index (χ0) is 37.7. The van der Waals surface area contributed by atoms with Crippen molar-refractivity contribution in [3.8, 4) is 0 Å². The first-order chi connectivity index (χ1) is 24.0. The standard InChI is InChI=1S/2C16H18N4O2.2Cu.6Mo.H6O6Te.12H2O.18O/c2*21-15(13-3-9-17-10-4-13)19-7-1-2-8-20-16(22)14-5-11-18-12-6-14;;;;;;;;;1-7(2,3,4,5)6;;;;;;;;;;;;;;;;;;;;;;;;;;;;;;/h2*3-6,9-12H,1-2,7-8H2,(H,19,21)(H,20,22);;;;;;;;;1-6H;12*1H2;;;;;;;;;;;;;;;;;;/q;;2*+2;;;;;;;;;;;;;;;;;;;;18*-2/p-4. The van der Waals surface area contributed by atoms with Crippen LogP contribution in [0.2, 0.25) is 0 Å². The van der Waals surface area contributed by atoms with E-state index in [1.807, 2.05) is 0 Å². The molecule has 0 saturated carbocycles. The van der Waals surface area contributed by atoms with Gasteiger partial charge in [-0.25, -0.2) is 9.97 Å². The van der Waals surface area contributed by atoms with Crippen molar-refractivity contribution in [2.24, 2.45) is 0 Å². The number of hydrogen-bond acceptors (Lipinski definition) is 12. The predicted molar refractivity (Wildman–Crippen MR) is 224 cm³/mol. The van der Waals surface area contributed by atoms with Gasteiger partial charge in [0.25, 0.3) is 23.6 Å². The van der Waals surface area contributed by atoms with Crippen LogP contribution < -0.4 is 52.1 Å². The number of amides is 4. The number of nitrogens with zero attached hydrogens (tertiary/aromatic N) is 2. The van der Waals surface area contributed by atoms with Gasteiger partial charge in [-0.1, -0.05) is 0 Å². The molecular formula is C32H62Cu2Mo6N8O40Te-36. The molecule has 4 amide bonds. The molecule has 4 heterocycles. The van der Waals surface area contributed by atoms with Gasteiger partial charge in [0.05, 0.1) is 11.1 Å². The third kappa shape index (κ3) is 149. The van der Waals surface area contributed by atoms with E-state index in [2.05, 4.69) is 41.2 Å². The number of nitrogens with one attached hydrogen (secondary N) is 6. The molecule has 0 unspecified atom stereocenters. The van der Waals surface area contributed by atoms with Crippen LogP contribution in [0.1, 0.15) is 67.1 Å². The van der Waals surface area contributed by atoms with Gasteiger partial charge in [-0.3, -0.25) is 29.1 Å². The molecule has 0 atom stereocenters. The summed E-state index contributed by atoms with van der Waals surface area (Å²) in [6, 6.07) is 13.6. The van der Waals surface area contributed by atoms with Crippen molar-refractivity contribution >= 4 is 41.5 Å². The Morgan fingerprint density at radius 2 is 0.427 bits per heavy atom. The summed E-state index contributed by atoms with van der Waals surface area (Å²) in [5.41, 5.74) is 2.46. The summed E-state index contributed by atoms with van der Waals surface area (Å²) in [7, 11) is 0. The van der Waals surface area contributed by atoms with Gasteiger partial charge in [0.1, 0.15) is 0 Å². The summed E-state index contributed by atoms with van der Waals surface area (Å²) in [4.78, 5) is 60.5. The van der Waals surface area contributed by atoms with Crippen LogP contribution in [-0.4, -0.2) is 143 Å². The first kappa shape index (κ1) is 256. The van der Waals surface area contributed by atoms with Crippen molar-refractivity contribution < 1.29 is 375 Å². The van der Waals surface area contributed by atoms with Gasteiger partial charge in [0.2, 0.25) is 0 Å². The van der Waals surface area contributed by atoms with E-state index in [0.29, 0.717) is 48.4 Å². The summed E-state index contributed by atoms with van der Waals surface area (Å²) in [5, 5.41) is 11.4. The Morgan fingerprint density at radius 3 is 0.562 bits per heavy atom. The number of unbranched alkanes of at least 4 members (excludes halogenated alkanes) is 2. The summed E-state index contributed by atoms with van der Waals surface area (Å²) in [6.07, 6.45) is 16.4. The van der Waals surface area contributed by atoms with Crippen molar-refractivity contribution in [2.75, 3.05) is 26.2 Å². The molecule has 48 nitrogen and oxygen atoms in total. The van der Waals surface area contributed by atoms with Crippen LogP contribution in [0.4, 0.5) is 0 Å². The van der Waals surface area contributed by atoms with Gasteiger partial charge in [-0.15, -0.1) is 0 Å². The van der Waals surface area contributed by atoms with E-state index >= 15 is 0 Å². The van der Waals surface area contributed by atoms with Gasteiger partial charge in [-0.05, 0) is 49.9 Å². The van der Waals surface area contributed by atoms with Crippen LogP contribution in [0.5, 0.6) is 0 Å². The monoisotopic (exact) mass is 2040 g/mol. The summed E-state index contributed by atoms with van der Waals surface area (Å²) >= 11 is -9.68. The first-order valence-electron chi connectivity index (χ1n) is 15.4. The Bertz CT molecular complexity index is 1510. The quantitative estimate of drug-likeness (QED) is 0.0676. The molecule has 0 aliphatic heterocycles. The molecule has 0 bridgehead atoms. The molecule has 0 aliphatic rings. The van der Waals surface area contributed by atoms with E-state index in [0.717, 1.165) is 25.7 Å². The third-order valence-corrected chi connectivity index (χ3v) is 6.20. The average Bonchev–Trinajstić information content (AvgIpc) is 3.11. The molecule has 4 aromatic rings. The van der Waals surface area contributed by atoms with Crippen LogP contribution in [0.15, 0.2) is 98.1 Å². The van der Waals surface area contributed by atoms with Crippen molar-refractivity contribution in [1.82, 2.24) is 31.2 Å². The SMILES string of the molecule is O.O.O.O.O.O.O.O.O.O.O.O.O=C(NCCCCNC(=O)c1cc[nH+]cc1)c1ccncc1.O=C(NCCCCNC(=O)c1cc[nH+]cc1)c1ccncc1.[Cu+2].[Cu+2].[Mo].[Mo].[Mo].[Mo].[Mo].[Mo].[O-2].[O-2].[O-2].[O-2].[O-2].[O-2].[O-2].[O-2].[O-2].[O-2].[O-2].[O-2].[O-2].[O-2].[O-2].[O-2].[O-2].[O-2].[O-][Te]([O-])([O-])([O-])([O-])[O-]. The van der Waals surface area contributed by atoms with E-state index < -0.39 is 17.9 Å². The van der Waals surface area contributed by atoms with Gasteiger partial charge >= 0.3 is 72.9 Å². The second-order valence-electron chi connectivity index (χ2n) is 10.5. The number of carbonyl (C=O) groups is 4. The molecular weight excluding hydrogens is 1970 g/mol. The van der Waals surface area contributed by atoms with Gasteiger partial charge < -0.3 is 186 Å². The normalized spacial score (nSPS) is 6.76. The summed E-state index contributed by atoms with van der Waals surface area (Å²) in [6.45, 7) is 2.33. The number of aromatic nitrogens is 4. The number of carbonyl (C=O) groups excluding carboxylic acids is 4. The Kier molecular flexibility index (Phi) is 378. The minimum atomic E-state index is -9.68. The fraction of sp³-hybridized carbons (Fsp3) is 0.250. The summed E-state index contributed by atoms with van der Waals surface area (Å²) < 4.78 is 52.0. The molecule has 89 heavy (non-hydrogen) atoms. The molecule has 30 N–H and O–H groups in total. The zero-order valence-corrected chi connectivity index (χ0v) is 59.9. The molecule has 2 radical (unpaired) electrons. The zero-order valence-electron chi connectivity index (χ0n) is 43.7. The second kappa shape index (κ2) is 131. The second-order valence-corrected chi connectivity index (χ2v) is 16.3. The topological polar surface area (TPSA) is 1200 Å². The molecule has 0 fully saturated rings. The first-order valence-corrected chi connectivity index (χ1v) is 21.1. The van der Waals surface area contributed by atoms with E-state index in [-0.39, 0.29) is 348 Å². The Morgan fingerprint density at radius 1 is 0.303 bits per heavy atom. The Balaban J connectivity index is -0.0000000113. The van der Waals surface area contributed by atoms with Gasteiger partial charge in [0, 0.05) is 213 Å². The van der Waals surface area contributed by atoms with E-state index in [1.165, 1.54) is 0 Å². The molecule has 57 heteroatoms. The van der Waals surface area contributed by atoms with Crippen LogP contribution in [0.25, 0.3) is 0 Å². The molecule has 4 aromatic heterocycles. The van der Waals surface area contributed by atoms with E-state index in [9.17, 15) is 19.2 Å². The number of hydrogen-bond donors (Lipinski definition) is 4. The van der Waals surface area contributed by atoms with Crippen LogP contribution in [0.3, 0.4) is 0 Å². The van der Waals surface area contributed by atoms with Crippen molar-refractivity contribution in [3.63, 3.8) is 0 Å². The van der Waals surface area contributed by atoms with Crippen molar-refractivity contribution in [1.29, 1.82) is 0 Å². The molecule has 570 valence electrons. The van der Waals surface area contributed by atoms with Crippen LogP contribution in [-0.2, 0) is 259 Å². The Labute approximate surface area is 614 Å². The molecule has 0 aromatic carbocycles. The number of aromatic amines is 2. The molecule has 4 rings (SSSR count). The maximum atomic E-state index is 11.8. The molecule has 0 saturated heterocycles. The number of H-pyrrole nitrogens is 2. The van der Waals surface area contributed by atoms with Crippen molar-refractivity contribution in [3.05, 3.63) is 120 Å². The van der Waals surface area contributed by atoms with E-state index in [1.54, 1.807) is 98.1 Å². The fourth-order valence-electron chi connectivity index (χ4n) is 3.80. The minimum absolute atomic E-state index is 0. The van der Waals surface area contributed by atoms with E-state index in [4.69, 9.17) is 20.8 Å². The van der Waals surface area contributed by atoms with Crippen LogP contribution in [0, 0.1) is 0 Å².